The van der Waals surface area contributed by atoms with Gasteiger partial charge in [0.1, 0.15) is 6.42 Å². The molecule has 23 heavy (non-hydrogen) atoms. The van der Waals surface area contributed by atoms with E-state index in [9.17, 15) is 9.59 Å². The van der Waals surface area contributed by atoms with Crippen LogP contribution in [0.1, 0.15) is 30.4 Å². The van der Waals surface area contributed by atoms with E-state index in [2.05, 4.69) is 5.32 Å². The Kier molecular flexibility index (Phi) is 4.41. The molecule has 1 saturated carbocycles. The molecule has 0 bridgehead atoms. The van der Waals surface area contributed by atoms with Crippen LogP contribution in [-0.2, 0) is 22.6 Å². The molecule has 6 nitrogen and oxygen atoms in total. The van der Waals surface area contributed by atoms with E-state index in [1.54, 1.807) is 19.1 Å². The predicted molar refractivity (Wildman–Crippen MR) is 84.4 cm³/mol. The Balaban J connectivity index is 1.66. The molecule has 1 fully saturated rings. The molecule has 6 heteroatoms. The maximum atomic E-state index is 12.3. The second-order valence-corrected chi connectivity index (χ2v) is 6.06. The third-order valence-corrected chi connectivity index (χ3v) is 4.32. The van der Waals surface area contributed by atoms with Gasteiger partial charge in [0.15, 0.2) is 11.5 Å². The van der Waals surface area contributed by atoms with E-state index in [0.717, 1.165) is 30.4 Å². The van der Waals surface area contributed by atoms with Gasteiger partial charge in [-0.2, -0.15) is 0 Å². The van der Waals surface area contributed by atoms with Gasteiger partial charge in [-0.05, 0) is 42.5 Å². The zero-order chi connectivity index (χ0) is 16.4. The van der Waals surface area contributed by atoms with Crippen molar-refractivity contribution >= 4 is 11.8 Å². The molecule has 1 heterocycles. The van der Waals surface area contributed by atoms with Crippen molar-refractivity contribution in [3.8, 4) is 11.5 Å². The fourth-order valence-corrected chi connectivity index (χ4v) is 2.85. The van der Waals surface area contributed by atoms with Gasteiger partial charge >= 0.3 is 0 Å². The van der Waals surface area contributed by atoms with Crippen molar-refractivity contribution in [1.82, 2.24) is 10.2 Å². The normalized spacial score (nSPS) is 16.5. The molecule has 2 amide bonds. The number of methoxy groups -OCH3 is 2. The number of ether oxygens (including phenoxy) is 2. The maximum absolute atomic E-state index is 12.3. The SMILES string of the molecule is COc1cc2c(cc1OC)CN(C(=O)CC(=O)NC1CC1)CC2. The van der Waals surface area contributed by atoms with E-state index in [-0.39, 0.29) is 24.3 Å². The lowest BCUT2D eigenvalue weighted by Crippen LogP contribution is -2.39. The molecule has 2 aliphatic rings. The molecular formula is C17H22N2O4. The van der Waals surface area contributed by atoms with Crippen molar-refractivity contribution in [3.63, 3.8) is 0 Å². The molecule has 0 atom stereocenters. The fourth-order valence-electron chi connectivity index (χ4n) is 2.85. The Morgan fingerprint density at radius 3 is 2.43 bits per heavy atom. The predicted octanol–water partition coefficient (Wildman–Crippen LogP) is 1.26. The Morgan fingerprint density at radius 2 is 1.83 bits per heavy atom. The number of hydrogen-bond acceptors (Lipinski definition) is 4. The van der Waals surface area contributed by atoms with Gasteiger partial charge in [-0.25, -0.2) is 0 Å². The van der Waals surface area contributed by atoms with Gasteiger partial charge < -0.3 is 19.7 Å². The van der Waals surface area contributed by atoms with Crippen LogP contribution in [0.15, 0.2) is 12.1 Å². The second-order valence-electron chi connectivity index (χ2n) is 6.06. The van der Waals surface area contributed by atoms with Gasteiger partial charge in [-0.3, -0.25) is 9.59 Å². The van der Waals surface area contributed by atoms with Crippen molar-refractivity contribution in [2.24, 2.45) is 0 Å². The Hall–Kier alpha value is -2.24. The highest BCUT2D eigenvalue weighted by molar-refractivity contribution is 5.97. The molecule has 124 valence electrons. The zero-order valence-corrected chi connectivity index (χ0v) is 13.6. The second kappa shape index (κ2) is 6.48. The molecule has 1 aromatic rings. The number of nitrogens with zero attached hydrogens (tertiary/aromatic N) is 1. The number of nitrogens with one attached hydrogen (secondary N) is 1. The molecule has 1 N–H and O–H groups in total. The summed E-state index contributed by atoms with van der Waals surface area (Å²) in [7, 11) is 3.21. The van der Waals surface area contributed by atoms with Crippen LogP contribution in [0.25, 0.3) is 0 Å². The average Bonchev–Trinajstić information content (AvgIpc) is 3.36. The van der Waals surface area contributed by atoms with Gasteiger partial charge in [0.25, 0.3) is 0 Å². The average molecular weight is 318 g/mol. The maximum Gasteiger partial charge on any atom is 0.232 e. The van der Waals surface area contributed by atoms with E-state index in [4.69, 9.17) is 9.47 Å². The minimum absolute atomic E-state index is 0.0703. The topological polar surface area (TPSA) is 67.9 Å². The summed E-state index contributed by atoms with van der Waals surface area (Å²) in [5.41, 5.74) is 2.21. The minimum Gasteiger partial charge on any atom is -0.493 e. The first kappa shape index (κ1) is 15.6. The van der Waals surface area contributed by atoms with Gasteiger partial charge in [0.05, 0.1) is 14.2 Å². The third-order valence-electron chi connectivity index (χ3n) is 4.32. The van der Waals surface area contributed by atoms with Crippen molar-refractivity contribution in [2.75, 3.05) is 20.8 Å². The van der Waals surface area contributed by atoms with Crippen molar-refractivity contribution < 1.29 is 19.1 Å². The Labute approximate surface area is 135 Å². The van der Waals surface area contributed by atoms with E-state index < -0.39 is 0 Å². The summed E-state index contributed by atoms with van der Waals surface area (Å²) in [5.74, 6) is 1.07. The molecule has 0 saturated heterocycles. The van der Waals surface area contributed by atoms with Crippen LogP contribution >= 0.6 is 0 Å². The Morgan fingerprint density at radius 1 is 1.17 bits per heavy atom. The van der Waals surface area contributed by atoms with Gasteiger partial charge in [-0.15, -0.1) is 0 Å². The summed E-state index contributed by atoms with van der Waals surface area (Å²) in [6, 6.07) is 4.17. The minimum atomic E-state index is -0.171. The summed E-state index contributed by atoms with van der Waals surface area (Å²) >= 11 is 0. The highest BCUT2D eigenvalue weighted by Gasteiger charge is 2.27. The quantitative estimate of drug-likeness (QED) is 0.830. The number of rotatable bonds is 5. The highest BCUT2D eigenvalue weighted by atomic mass is 16.5. The molecular weight excluding hydrogens is 296 g/mol. The number of hydrogen-bond donors (Lipinski definition) is 1. The van der Waals surface area contributed by atoms with Crippen LogP contribution in [0.5, 0.6) is 11.5 Å². The fraction of sp³-hybridized carbons (Fsp3) is 0.529. The number of fused-ring (bicyclic) bond motifs is 1. The Bertz CT molecular complexity index is 625. The van der Waals surface area contributed by atoms with Gasteiger partial charge in [-0.1, -0.05) is 0 Å². The first-order valence-electron chi connectivity index (χ1n) is 7.91. The molecule has 0 unspecified atom stereocenters. The molecule has 0 radical (unpaired) electrons. The van der Waals surface area contributed by atoms with E-state index >= 15 is 0 Å². The van der Waals surface area contributed by atoms with Crippen LogP contribution in [0.3, 0.4) is 0 Å². The lowest BCUT2D eigenvalue weighted by molar-refractivity contribution is -0.136. The summed E-state index contributed by atoms with van der Waals surface area (Å²) in [6.45, 7) is 1.13. The van der Waals surface area contributed by atoms with Crippen molar-refractivity contribution in [3.05, 3.63) is 23.3 Å². The summed E-state index contributed by atoms with van der Waals surface area (Å²) in [6.07, 6.45) is 2.74. The smallest absolute Gasteiger partial charge is 0.232 e. The third kappa shape index (κ3) is 3.57. The molecule has 1 aromatic carbocycles. The van der Waals surface area contributed by atoms with Crippen LogP contribution in [0.4, 0.5) is 0 Å². The summed E-state index contributed by atoms with van der Waals surface area (Å²) < 4.78 is 10.6. The highest BCUT2D eigenvalue weighted by Crippen LogP contribution is 2.33. The molecule has 3 rings (SSSR count). The monoisotopic (exact) mass is 318 g/mol. The summed E-state index contributed by atoms with van der Waals surface area (Å²) in [5, 5.41) is 2.85. The lowest BCUT2D eigenvalue weighted by atomic mass is 9.98. The first-order chi connectivity index (χ1) is 11.1. The molecule has 1 aliphatic heterocycles. The van der Waals surface area contributed by atoms with Crippen molar-refractivity contribution in [2.45, 2.75) is 38.3 Å². The van der Waals surface area contributed by atoms with Gasteiger partial charge in [0, 0.05) is 19.1 Å². The van der Waals surface area contributed by atoms with E-state index in [1.807, 2.05) is 12.1 Å². The van der Waals surface area contributed by atoms with Crippen LogP contribution < -0.4 is 14.8 Å². The largest absolute Gasteiger partial charge is 0.493 e. The number of carbonyl (C=O) groups is 2. The van der Waals surface area contributed by atoms with Crippen LogP contribution in [0.2, 0.25) is 0 Å². The van der Waals surface area contributed by atoms with E-state index in [0.29, 0.717) is 24.6 Å². The van der Waals surface area contributed by atoms with E-state index in [1.165, 1.54) is 0 Å². The first-order valence-corrected chi connectivity index (χ1v) is 7.91. The summed E-state index contributed by atoms with van der Waals surface area (Å²) in [4.78, 5) is 25.8. The van der Waals surface area contributed by atoms with Gasteiger partial charge in [0.2, 0.25) is 11.8 Å². The molecule has 0 aromatic heterocycles. The van der Waals surface area contributed by atoms with Crippen LogP contribution in [0, 0.1) is 0 Å². The molecule has 0 spiro atoms. The lowest BCUT2D eigenvalue weighted by Gasteiger charge is -2.29. The number of amides is 2. The standard InChI is InChI=1S/C17H22N2O4/c1-22-14-7-11-5-6-19(10-12(11)8-15(14)23-2)17(21)9-16(20)18-13-3-4-13/h7-8,13H,3-6,9-10H2,1-2H3,(H,18,20). The molecule has 1 aliphatic carbocycles. The van der Waals surface area contributed by atoms with Crippen molar-refractivity contribution in [1.29, 1.82) is 0 Å². The zero-order valence-electron chi connectivity index (χ0n) is 13.6. The van der Waals surface area contributed by atoms with Crippen LogP contribution in [-0.4, -0.2) is 43.5 Å². The number of carbonyl (C=O) groups excluding carboxylic acids is 2. The number of benzene rings is 1.